The molecule has 1 aromatic heterocycles. The molecule has 0 aromatic carbocycles. The SMILES string of the molecule is CC1(CBr)CCN(Cc2ccsc2Br)C1. The molecule has 1 unspecified atom stereocenters. The largest absolute Gasteiger partial charge is 0.298 e. The van der Waals surface area contributed by atoms with Crippen LogP contribution in [0.2, 0.25) is 0 Å². The molecule has 0 aliphatic carbocycles. The number of hydrogen-bond donors (Lipinski definition) is 0. The monoisotopic (exact) mass is 351 g/mol. The first-order chi connectivity index (χ1) is 7.13. The van der Waals surface area contributed by atoms with E-state index in [2.05, 4.69) is 55.1 Å². The second-order valence-electron chi connectivity index (χ2n) is 4.62. The van der Waals surface area contributed by atoms with Gasteiger partial charge < -0.3 is 0 Å². The van der Waals surface area contributed by atoms with E-state index in [1.165, 1.54) is 28.9 Å². The Labute approximate surface area is 112 Å². The zero-order valence-corrected chi connectivity index (χ0v) is 12.8. The minimum atomic E-state index is 0.475. The Hall–Kier alpha value is 0.620. The summed E-state index contributed by atoms with van der Waals surface area (Å²) < 4.78 is 1.29. The summed E-state index contributed by atoms with van der Waals surface area (Å²) in [7, 11) is 0. The van der Waals surface area contributed by atoms with Crippen molar-refractivity contribution in [2.45, 2.75) is 19.9 Å². The zero-order valence-electron chi connectivity index (χ0n) is 8.80. The van der Waals surface area contributed by atoms with Crippen LogP contribution in [0.1, 0.15) is 18.9 Å². The van der Waals surface area contributed by atoms with Gasteiger partial charge in [-0.3, -0.25) is 4.90 Å². The van der Waals surface area contributed by atoms with E-state index in [9.17, 15) is 0 Å². The zero-order chi connectivity index (χ0) is 10.9. The molecule has 84 valence electrons. The Morgan fingerprint density at radius 1 is 1.60 bits per heavy atom. The molecule has 1 atom stereocenters. The van der Waals surface area contributed by atoms with E-state index in [0.717, 1.165) is 11.9 Å². The maximum absolute atomic E-state index is 3.62. The van der Waals surface area contributed by atoms with Crippen LogP contribution < -0.4 is 0 Å². The molecule has 1 saturated heterocycles. The van der Waals surface area contributed by atoms with Gasteiger partial charge >= 0.3 is 0 Å². The molecule has 0 saturated carbocycles. The highest BCUT2D eigenvalue weighted by molar-refractivity contribution is 9.11. The van der Waals surface area contributed by atoms with Gasteiger partial charge in [0.1, 0.15) is 0 Å². The highest BCUT2D eigenvalue weighted by Gasteiger charge is 2.32. The van der Waals surface area contributed by atoms with Gasteiger partial charge in [0, 0.05) is 18.4 Å². The van der Waals surface area contributed by atoms with E-state index in [0.29, 0.717) is 5.41 Å². The summed E-state index contributed by atoms with van der Waals surface area (Å²) in [4.78, 5) is 2.55. The standard InChI is InChI=1S/C11H15Br2NS/c1-11(7-12)3-4-14(8-11)6-9-2-5-15-10(9)13/h2,5H,3-4,6-8H2,1H3. The summed E-state index contributed by atoms with van der Waals surface area (Å²) in [6.45, 7) is 5.89. The number of halogens is 2. The molecule has 15 heavy (non-hydrogen) atoms. The highest BCUT2D eigenvalue weighted by Crippen LogP contribution is 2.33. The number of thiophene rings is 1. The van der Waals surface area contributed by atoms with Crippen LogP contribution in [-0.4, -0.2) is 23.3 Å². The summed E-state index contributed by atoms with van der Waals surface area (Å²) >= 11 is 8.99. The number of hydrogen-bond acceptors (Lipinski definition) is 2. The highest BCUT2D eigenvalue weighted by atomic mass is 79.9. The van der Waals surface area contributed by atoms with Crippen LogP contribution in [-0.2, 0) is 6.54 Å². The molecule has 0 radical (unpaired) electrons. The minimum Gasteiger partial charge on any atom is -0.298 e. The van der Waals surface area contributed by atoms with E-state index < -0.39 is 0 Å². The minimum absolute atomic E-state index is 0.475. The van der Waals surface area contributed by atoms with Crippen molar-refractivity contribution < 1.29 is 0 Å². The molecule has 1 aromatic rings. The average Bonchev–Trinajstić information content (AvgIpc) is 2.77. The quantitative estimate of drug-likeness (QED) is 0.739. The van der Waals surface area contributed by atoms with Crippen LogP contribution in [0, 0.1) is 5.41 Å². The summed E-state index contributed by atoms with van der Waals surface area (Å²) in [5, 5.41) is 3.26. The number of rotatable bonds is 3. The molecule has 0 N–H and O–H groups in total. The molecule has 1 aliphatic heterocycles. The van der Waals surface area contributed by atoms with Crippen molar-refractivity contribution in [1.82, 2.24) is 4.90 Å². The maximum Gasteiger partial charge on any atom is 0.0743 e. The Bertz CT molecular complexity index is 339. The smallest absolute Gasteiger partial charge is 0.0743 e. The molecule has 2 heterocycles. The van der Waals surface area contributed by atoms with E-state index in [1.54, 1.807) is 11.3 Å². The van der Waals surface area contributed by atoms with Crippen molar-refractivity contribution in [1.29, 1.82) is 0 Å². The Kier molecular flexibility index (Phi) is 3.92. The van der Waals surface area contributed by atoms with E-state index in [1.807, 2.05) is 0 Å². The van der Waals surface area contributed by atoms with Gasteiger partial charge in [0.2, 0.25) is 0 Å². The number of alkyl halides is 1. The Balaban J connectivity index is 1.96. The fraction of sp³-hybridized carbons (Fsp3) is 0.636. The van der Waals surface area contributed by atoms with E-state index >= 15 is 0 Å². The first kappa shape index (κ1) is 12.1. The Morgan fingerprint density at radius 2 is 2.40 bits per heavy atom. The predicted octanol–water partition coefficient (Wildman–Crippen LogP) is 4.12. The van der Waals surface area contributed by atoms with Crippen LogP contribution in [0.25, 0.3) is 0 Å². The fourth-order valence-electron chi connectivity index (χ4n) is 2.04. The van der Waals surface area contributed by atoms with Gasteiger partial charge in [-0.1, -0.05) is 22.9 Å². The van der Waals surface area contributed by atoms with Crippen LogP contribution in [0.5, 0.6) is 0 Å². The summed E-state index contributed by atoms with van der Waals surface area (Å²) in [6.07, 6.45) is 1.31. The van der Waals surface area contributed by atoms with Crippen LogP contribution in [0.4, 0.5) is 0 Å². The van der Waals surface area contributed by atoms with Crippen molar-refractivity contribution in [2.75, 3.05) is 18.4 Å². The first-order valence-corrected chi connectivity index (χ1v) is 7.93. The van der Waals surface area contributed by atoms with Gasteiger partial charge in [-0.25, -0.2) is 0 Å². The third kappa shape index (κ3) is 2.84. The van der Waals surface area contributed by atoms with E-state index in [4.69, 9.17) is 0 Å². The van der Waals surface area contributed by atoms with Crippen molar-refractivity contribution >= 4 is 43.2 Å². The molecule has 0 bridgehead atoms. The van der Waals surface area contributed by atoms with Crippen molar-refractivity contribution in [2.24, 2.45) is 5.41 Å². The third-order valence-electron chi connectivity index (χ3n) is 3.05. The fourth-order valence-corrected chi connectivity index (χ4v) is 3.72. The van der Waals surface area contributed by atoms with Gasteiger partial charge in [-0.15, -0.1) is 11.3 Å². The lowest BCUT2D eigenvalue weighted by Gasteiger charge is -2.21. The molecule has 0 amide bonds. The first-order valence-electron chi connectivity index (χ1n) is 5.13. The van der Waals surface area contributed by atoms with Crippen LogP contribution >= 0.6 is 43.2 Å². The third-order valence-corrected chi connectivity index (χ3v) is 6.21. The van der Waals surface area contributed by atoms with Crippen LogP contribution in [0.3, 0.4) is 0 Å². The Morgan fingerprint density at radius 3 is 2.93 bits per heavy atom. The second-order valence-corrected chi connectivity index (χ2v) is 7.42. The van der Waals surface area contributed by atoms with Gasteiger partial charge in [-0.2, -0.15) is 0 Å². The summed E-state index contributed by atoms with van der Waals surface area (Å²) in [5.41, 5.74) is 1.90. The second kappa shape index (κ2) is 4.86. The molecular weight excluding hydrogens is 338 g/mol. The van der Waals surface area contributed by atoms with E-state index in [-0.39, 0.29) is 0 Å². The topological polar surface area (TPSA) is 3.24 Å². The summed E-state index contributed by atoms with van der Waals surface area (Å²) in [5.74, 6) is 0. The number of likely N-dealkylation sites (tertiary alicyclic amines) is 1. The molecule has 4 heteroatoms. The van der Waals surface area contributed by atoms with Crippen molar-refractivity contribution in [3.8, 4) is 0 Å². The van der Waals surface area contributed by atoms with Crippen molar-refractivity contribution in [3.63, 3.8) is 0 Å². The molecule has 1 aliphatic rings. The molecule has 2 rings (SSSR count). The van der Waals surface area contributed by atoms with Gasteiger partial charge in [0.15, 0.2) is 0 Å². The molecule has 1 nitrogen and oxygen atoms in total. The average molecular weight is 353 g/mol. The summed E-state index contributed by atoms with van der Waals surface area (Å²) in [6, 6.07) is 2.22. The maximum atomic E-state index is 3.62. The lowest BCUT2D eigenvalue weighted by Crippen LogP contribution is -2.25. The molecule has 0 spiro atoms. The number of nitrogens with zero attached hydrogens (tertiary/aromatic N) is 1. The van der Waals surface area contributed by atoms with Crippen molar-refractivity contribution in [3.05, 3.63) is 20.8 Å². The van der Waals surface area contributed by atoms with Gasteiger partial charge in [0.25, 0.3) is 0 Å². The predicted molar refractivity (Wildman–Crippen MR) is 73.8 cm³/mol. The van der Waals surface area contributed by atoms with Gasteiger partial charge in [0.05, 0.1) is 3.79 Å². The lowest BCUT2D eigenvalue weighted by molar-refractivity contribution is 0.288. The van der Waals surface area contributed by atoms with Crippen LogP contribution in [0.15, 0.2) is 15.2 Å². The molecular formula is C11H15Br2NS. The normalized spacial score (nSPS) is 27.4. The van der Waals surface area contributed by atoms with Gasteiger partial charge in [-0.05, 0) is 51.3 Å². The molecule has 1 fully saturated rings. The lowest BCUT2D eigenvalue weighted by atomic mass is 9.93.